The molecule has 5 heteroatoms. The average Bonchev–Trinajstić information content (AvgIpc) is 2.73. The molecule has 3 unspecified atom stereocenters. The van der Waals surface area contributed by atoms with Crippen LogP contribution < -0.4 is 5.32 Å². The first-order valence-electron chi connectivity index (χ1n) is 6.74. The first-order chi connectivity index (χ1) is 8.56. The van der Waals surface area contributed by atoms with Gasteiger partial charge in [0.25, 0.3) is 0 Å². The molecule has 0 aromatic rings. The van der Waals surface area contributed by atoms with Crippen LogP contribution >= 0.6 is 23.2 Å². The molecule has 0 aliphatic carbocycles. The maximum atomic E-state index is 11.2. The normalized spacial score (nSPS) is 24.7. The van der Waals surface area contributed by atoms with Crippen molar-refractivity contribution in [1.82, 2.24) is 5.32 Å². The lowest BCUT2D eigenvalue weighted by atomic mass is 9.94. The van der Waals surface area contributed by atoms with Gasteiger partial charge in [0.15, 0.2) is 0 Å². The fourth-order valence-electron chi connectivity index (χ4n) is 2.30. The Labute approximate surface area is 120 Å². The molecule has 0 saturated carbocycles. The van der Waals surface area contributed by atoms with Gasteiger partial charge in [0, 0.05) is 17.2 Å². The Morgan fingerprint density at radius 2 is 2.22 bits per heavy atom. The third-order valence-electron chi connectivity index (χ3n) is 3.48. The zero-order valence-corrected chi connectivity index (χ0v) is 12.6. The Morgan fingerprint density at radius 3 is 2.72 bits per heavy atom. The second-order valence-electron chi connectivity index (χ2n) is 4.87. The third-order valence-corrected chi connectivity index (χ3v) is 4.44. The third kappa shape index (κ3) is 4.94. The highest BCUT2D eigenvalue weighted by atomic mass is 35.5. The number of carbonyl (C=O) groups excluding carboxylic acids is 1. The molecule has 0 aromatic carbocycles. The summed E-state index contributed by atoms with van der Waals surface area (Å²) in [4.78, 5) is 11.2. The van der Waals surface area contributed by atoms with E-state index in [-0.39, 0.29) is 22.8 Å². The largest absolute Gasteiger partial charge is 0.464 e. The highest BCUT2D eigenvalue weighted by molar-refractivity contribution is 6.23. The van der Waals surface area contributed by atoms with E-state index in [1.54, 1.807) is 0 Å². The van der Waals surface area contributed by atoms with E-state index >= 15 is 0 Å². The van der Waals surface area contributed by atoms with Gasteiger partial charge in [-0.1, -0.05) is 6.92 Å². The summed E-state index contributed by atoms with van der Waals surface area (Å²) in [5.41, 5.74) is 0. The van der Waals surface area contributed by atoms with Gasteiger partial charge in [0.1, 0.15) is 6.04 Å². The number of alkyl halides is 2. The van der Waals surface area contributed by atoms with Crippen molar-refractivity contribution in [2.75, 3.05) is 13.2 Å². The van der Waals surface area contributed by atoms with Crippen molar-refractivity contribution in [2.45, 2.75) is 56.3 Å². The number of carbonyl (C=O) groups is 1. The predicted molar refractivity (Wildman–Crippen MR) is 75.3 cm³/mol. The Morgan fingerprint density at radius 1 is 1.50 bits per heavy atom. The Hall–Kier alpha value is 0.01000. The van der Waals surface area contributed by atoms with Gasteiger partial charge < -0.3 is 10.1 Å². The molecule has 0 amide bonds. The second-order valence-corrected chi connectivity index (χ2v) is 6.12. The zero-order chi connectivity index (χ0) is 13.5. The minimum absolute atomic E-state index is 0.0869. The van der Waals surface area contributed by atoms with Gasteiger partial charge >= 0.3 is 5.97 Å². The standard InChI is InChI=1S/C13H23Cl2NO2/c1-3-11(15)10(9(2)14)5-4-7-16-12-6-8-18-13(12)17/h9-12,16H,3-8H2,1-2H3/t9?,10?,11?,12-/m1/s1. The van der Waals surface area contributed by atoms with E-state index in [0.29, 0.717) is 12.5 Å². The van der Waals surface area contributed by atoms with Gasteiger partial charge in [0.2, 0.25) is 0 Å². The van der Waals surface area contributed by atoms with Crippen molar-refractivity contribution in [2.24, 2.45) is 5.92 Å². The van der Waals surface area contributed by atoms with Crippen LogP contribution in [0.4, 0.5) is 0 Å². The van der Waals surface area contributed by atoms with E-state index in [1.807, 2.05) is 6.92 Å². The quantitative estimate of drug-likeness (QED) is 0.425. The second kappa shape index (κ2) is 8.23. The van der Waals surface area contributed by atoms with Crippen molar-refractivity contribution in [3.63, 3.8) is 0 Å². The molecule has 1 fully saturated rings. The van der Waals surface area contributed by atoms with Crippen LogP contribution in [-0.2, 0) is 9.53 Å². The number of ether oxygens (including phenoxy) is 1. The lowest BCUT2D eigenvalue weighted by Gasteiger charge is -2.23. The summed E-state index contributed by atoms with van der Waals surface area (Å²) >= 11 is 12.4. The van der Waals surface area contributed by atoms with E-state index in [9.17, 15) is 4.79 Å². The van der Waals surface area contributed by atoms with Gasteiger partial charge in [-0.25, -0.2) is 0 Å². The summed E-state index contributed by atoms with van der Waals surface area (Å²) in [7, 11) is 0. The molecule has 1 N–H and O–H groups in total. The summed E-state index contributed by atoms with van der Waals surface area (Å²) in [6.07, 6.45) is 3.68. The van der Waals surface area contributed by atoms with Crippen LogP contribution in [0.5, 0.6) is 0 Å². The maximum Gasteiger partial charge on any atom is 0.323 e. The molecule has 0 radical (unpaired) electrons. The Bertz CT molecular complexity index is 261. The smallest absolute Gasteiger partial charge is 0.323 e. The molecule has 0 bridgehead atoms. The van der Waals surface area contributed by atoms with E-state index in [4.69, 9.17) is 27.9 Å². The van der Waals surface area contributed by atoms with Gasteiger partial charge in [0.05, 0.1) is 6.61 Å². The van der Waals surface area contributed by atoms with Crippen molar-refractivity contribution < 1.29 is 9.53 Å². The number of halogens is 2. The molecule has 18 heavy (non-hydrogen) atoms. The number of esters is 1. The first kappa shape index (κ1) is 16.1. The number of cyclic esters (lactones) is 1. The summed E-state index contributed by atoms with van der Waals surface area (Å²) in [5, 5.41) is 3.44. The monoisotopic (exact) mass is 295 g/mol. The van der Waals surface area contributed by atoms with Crippen LogP contribution in [0.1, 0.15) is 39.5 Å². The van der Waals surface area contributed by atoms with E-state index in [1.165, 1.54) is 0 Å². The molecule has 1 heterocycles. The Kier molecular flexibility index (Phi) is 7.35. The maximum absolute atomic E-state index is 11.2. The summed E-state index contributed by atoms with van der Waals surface area (Å²) in [6, 6.07) is -0.116. The summed E-state index contributed by atoms with van der Waals surface area (Å²) < 4.78 is 4.89. The van der Waals surface area contributed by atoms with Gasteiger partial charge in [-0.2, -0.15) is 0 Å². The van der Waals surface area contributed by atoms with E-state index in [2.05, 4.69) is 12.2 Å². The average molecular weight is 296 g/mol. The number of hydrogen-bond donors (Lipinski definition) is 1. The van der Waals surface area contributed by atoms with E-state index in [0.717, 1.165) is 32.2 Å². The van der Waals surface area contributed by atoms with E-state index < -0.39 is 0 Å². The fourth-order valence-corrected chi connectivity index (χ4v) is 3.02. The Balaban J connectivity index is 2.20. The number of hydrogen-bond acceptors (Lipinski definition) is 3. The minimum Gasteiger partial charge on any atom is -0.464 e. The van der Waals surface area contributed by atoms with Crippen LogP contribution in [0, 0.1) is 5.92 Å². The molecule has 4 atom stereocenters. The molecular formula is C13H23Cl2NO2. The predicted octanol–water partition coefficient (Wildman–Crippen LogP) is 2.93. The van der Waals surface area contributed by atoms with Gasteiger partial charge in [-0.15, -0.1) is 23.2 Å². The first-order valence-corrected chi connectivity index (χ1v) is 7.61. The van der Waals surface area contributed by atoms with Crippen LogP contribution in [0.3, 0.4) is 0 Å². The topological polar surface area (TPSA) is 38.3 Å². The molecule has 1 aliphatic heterocycles. The lowest BCUT2D eigenvalue weighted by Crippen LogP contribution is -2.34. The summed E-state index contributed by atoms with van der Waals surface area (Å²) in [6.45, 7) is 5.43. The van der Waals surface area contributed by atoms with Crippen LogP contribution in [0.25, 0.3) is 0 Å². The van der Waals surface area contributed by atoms with Crippen molar-refractivity contribution >= 4 is 29.2 Å². The van der Waals surface area contributed by atoms with Crippen molar-refractivity contribution in [3.8, 4) is 0 Å². The van der Waals surface area contributed by atoms with Crippen LogP contribution in [0.2, 0.25) is 0 Å². The lowest BCUT2D eigenvalue weighted by molar-refractivity contribution is -0.139. The highest BCUT2D eigenvalue weighted by Crippen LogP contribution is 2.26. The molecule has 1 aliphatic rings. The number of rotatable bonds is 8. The number of nitrogens with one attached hydrogen (secondary N) is 1. The van der Waals surface area contributed by atoms with Crippen LogP contribution in [-0.4, -0.2) is 35.9 Å². The van der Waals surface area contributed by atoms with Crippen LogP contribution in [0.15, 0.2) is 0 Å². The zero-order valence-electron chi connectivity index (χ0n) is 11.1. The molecule has 1 rings (SSSR count). The van der Waals surface area contributed by atoms with Crippen molar-refractivity contribution in [3.05, 3.63) is 0 Å². The highest BCUT2D eigenvalue weighted by Gasteiger charge is 2.26. The fraction of sp³-hybridized carbons (Fsp3) is 0.923. The van der Waals surface area contributed by atoms with Gasteiger partial charge in [-0.05, 0) is 38.6 Å². The van der Waals surface area contributed by atoms with Gasteiger partial charge in [-0.3, -0.25) is 4.79 Å². The molecule has 1 saturated heterocycles. The molecule has 0 aromatic heterocycles. The minimum atomic E-state index is -0.124. The molecule has 0 spiro atoms. The summed E-state index contributed by atoms with van der Waals surface area (Å²) in [5.74, 6) is 0.205. The molecular weight excluding hydrogens is 273 g/mol. The SMILES string of the molecule is CCC(Cl)C(CCCN[C@@H]1CCOC1=O)C(C)Cl. The molecule has 106 valence electrons. The van der Waals surface area contributed by atoms with Crippen molar-refractivity contribution in [1.29, 1.82) is 0 Å². The molecule has 3 nitrogen and oxygen atoms in total.